The third-order valence-electron chi connectivity index (χ3n) is 3.75. The minimum absolute atomic E-state index is 0.280. The molecule has 0 amide bonds. The Hall–Kier alpha value is -0.800. The van der Waals surface area contributed by atoms with Crippen LogP contribution in [0.3, 0.4) is 0 Å². The highest BCUT2D eigenvalue weighted by Gasteiger charge is 2.30. The van der Waals surface area contributed by atoms with Crippen LogP contribution in [-0.2, 0) is 6.54 Å². The molecule has 0 aromatic carbocycles. The van der Waals surface area contributed by atoms with Gasteiger partial charge in [0.25, 0.3) is 0 Å². The van der Waals surface area contributed by atoms with Crippen molar-refractivity contribution in [3.8, 4) is 0 Å². The maximum atomic E-state index is 3.11. The monoisotopic (exact) mass is 234 g/mol. The van der Waals surface area contributed by atoms with Gasteiger partial charge >= 0.3 is 0 Å². The van der Waals surface area contributed by atoms with Crippen molar-refractivity contribution in [2.45, 2.75) is 38.9 Å². The molecule has 1 aromatic rings. The molecule has 0 bridgehead atoms. The van der Waals surface area contributed by atoms with Gasteiger partial charge in [-0.25, -0.2) is 0 Å². The van der Waals surface area contributed by atoms with Crippen LogP contribution < -0.4 is 0 Å². The summed E-state index contributed by atoms with van der Waals surface area (Å²) in [5, 5.41) is 0. The second-order valence-electron chi connectivity index (χ2n) is 6.06. The highest BCUT2D eigenvalue weighted by atomic mass is 15.3. The first kappa shape index (κ1) is 12.7. The standard InChI is InChI=1S/C14H24N3/c1-14(2,3)17-10-9-15(4)13(12-17)11-16-7-5-6-8-16/h5,7-8,13H,9-12H2,1-4H3/t13-/m0/s1. The van der Waals surface area contributed by atoms with Crippen LogP contribution in [0.4, 0.5) is 0 Å². The van der Waals surface area contributed by atoms with Gasteiger partial charge in [0.2, 0.25) is 0 Å². The van der Waals surface area contributed by atoms with Gasteiger partial charge in [-0.15, -0.1) is 0 Å². The van der Waals surface area contributed by atoms with E-state index in [4.69, 9.17) is 0 Å². The van der Waals surface area contributed by atoms with Gasteiger partial charge in [0, 0.05) is 56.2 Å². The van der Waals surface area contributed by atoms with E-state index in [1.54, 1.807) is 0 Å². The van der Waals surface area contributed by atoms with Crippen LogP contribution in [0, 0.1) is 6.07 Å². The van der Waals surface area contributed by atoms with Crippen molar-refractivity contribution in [3.63, 3.8) is 0 Å². The summed E-state index contributed by atoms with van der Waals surface area (Å²) < 4.78 is 2.23. The van der Waals surface area contributed by atoms with Crippen molar-refractivity contribution in [2.75, 3.05) is 26.7 Å². The van der Waals surface area contributed by atoms with Gasteiger partial charge in [-0.1, -0.05) is 0 Å². The summed E-state index contributed by atoms with van der Waals surface area (Å²) in [5.74, 6) is 0. The molecule has 2 rings (SSSR count). The maximum Gasteiger partial charge on any atom is 0.0400 e. The lowest BCUT2D eigenvalue weighted by molar-refractivity contribution is 0.0290. The number of hydrogen-bond donors (Lipinski definition) is 0. The van der Waals surface area contributed by atoms with Crippen molar-refractivity contribution >= 4 is 0 Å². The third kappa shape index (κ3) is 3.11. The molecule has 95 valence electrons. The second kappa shape index (κ2) is 4.83. The summed E-state index contributed by atoms with van der Waals surface area (Å²) >= 11 is 0. The largest absolute Gasteiger partial charge is 0.352 e. The van der Waals surface area contributed by atoms with Gasteiger partial charge in [-0.2, -0.15) is 0 Å². The minimum atomic E-state index is 0.280. The summed E-state index contributed by atoms with van der Waals surface area (Å²) in [6, 6.07) is 5.68. The van der Waals surface area contributed by atoms with E-state index in [0.29, 0.717) is 6.04 Å². The van der Waals surface area contributed by atoms with Crippen molar-refractivity contribution < 1.29 is 0 Å². The minimum Gasteiger partial charge on any atom is -0.352 e. The van der Waals surface area contributed by atoms with Crippen molar-refractivity contribution in [1.29, 1.82) is 0 Å². The molecule has 0 aliphatic carbocycles. The molecule has 0 N–H and O–H groups in total. The third-order valence-corrected chi connectivity index (χ3v) is 3.75. The van der Waals surface area contributed by atoms with Crippen LogP contribution in [0.5, 0.6) is 0 Å². The second-order valence-corrected chi connectivity index (χ2v) is 6.06. The van der Waals surface area contributed by atoms with Gasteiger partial charge in [-0.3, -0.25) is 9.80 Å². The lowest BCUT2D eigenvalue weighted by atomic mass is 10.0. The summed E-state index contributed by atoms with van der Waals surface area (Å²) in [6.07, 6.45) is 4.13. The van der Waals surface area contributed by atoms with Crippen molar-refractivity contribution in [3.05, 3.63) is 24.5 Å². The predicted octanol–water partition coefficient (Wildman–Crippen LogP) is 1.70. The molecule has 1 atom stereocenters. The van der Waals surface area contributed by atoms with E-state index >= 15 is 0 Å². The van der Waals surface area contributed by atoms with E-state index < -0.39 is 0 Å². The molecule has 1 aliphatic heterocycles. The van der Waals surface area contributed by atoms with Gasteiger partial charge in [0.1, 0.15) is 0 Å². The average molecular weight is 234 g/mol. The van der Waals surface area contributed by atoms with Crippen LogP contribution in [-0.4, -0.2) is 52.6 Å². The number of aromatic nitrogens is 1. The van der Waals surface area contributed by atoms with Crippen LogP contribution in [0.1, 0.15) is 20.8 Å². The lowest BCUT2D eigenvalue weighted by Gasteiger charge is -2.45. The molecule has 3 nitrogen and oxygen atoms in total. The Morgan fingerprint density at radius 1 is 1.29 bits per heavy atom. The first-order chi connectivity index (χ1) is 7.97. The highest BCUT2D eigenvalue weighted by Crippen LogP contribution is 2.19. The Bertz CT molecular complexity index is 337. The van der Waals surface area contributed by atoms with Crippen LogP contribution >= 0.6 is 0 Å². The molecule has 1 saturated heterocycles. The Labute approximate surface area is 105 Å². The fraction of sp³-hybridized carbons (Fsp3) is 0.714. The zero-order chi connectivity index (χ0) is 12.5. The Kier molecular flexibility index (Phi) is 3.59. The van der Waals surface area contributed by atoms with Crippen LogP contribution in [0.2, 0.25) is 0 Å². The fourth-order valence-corrected chi connectivity index (χ4v) is 2.43. The topological polar surface area (TPSA) is 11.4 Å². The van der Waals surface area contributed by atoms with Crippen molar-refractivity contribution in [2.24, 2.45) is 0 Å². The summed E-state index contributed by atoms with van der Waals surface area (Å²) in [5.41, 5.74) is 0.280. The van der Waals surface area contributed by atoms with Gasteiger partial charge in [0.05, 0.1) is 0 Å². The summed E-state index contributed by atoms with van der Waals surface area (Å²) in [7, 11) is 2.23. The number of piperazine rings is 1. The molecule has 1 aromatic heterocycles. The van der Waals surface area contributed by atoms with E-state index in [9.17, 15) is 0 Å². The Balaban J connectivity index is 2.00. The Morgan fingerprint density at radius 3 is 2.65 bits per heavy atom. The quantitative estimate of drug-likeness (QED) is 0.772. The first-order valence-corrected chi connectivity index (χ1v) is 6.44. The highest BCUT2D eigenvalue weighted by molar-refractivity contribution is 4.92. The molecule has 3 heteroatoms. The SMILES string of the molecule is CN1CCN(C(C)(C)C)C[C@@H]1Cn1c[c]cc1. The smallest absolute Gasteiger partial charge is 0.0400 e. The summed E-state index contributed by atoms with van der Waals surface area (Å²) in [6.45, 7) is 11.5. The van der Waals surface area contributed by atoms with E-state index in [1.165, 1.54) is 6.54 Å². The molecule has 0 saturated carbocycles. The number of hydrogen-bond acceptors (Lipinski definition) is 2. The van der Waals surface area contributed by atoms with Gasteiger partial charge < -0.3 is 4.57 Å². The number of rotatable bonds is 2. The molecule has 0 spiro atoms. The van der Waals surface area contributed by atoms with Gasteiger partial charge in [0.15, 0.2) is 0 Å². The molecular weight excluding hydrogens is 210 g/mol. The average Bonchev–Trinajstić information content (AvgIpc) is 2.72. The number of likely N-dealkylation sites (N-methyl/N-ethyl adjacent to an activating group) is 1. The lowest BCUT2D eigenvalue weighted by Crippen LogP contribution is -2.58. The van der Waals surface area contributed by atoms with E-state index in [2.05, 4.69) is 54.4 Å². The molecule has 1 aliphatic rings. The van der Waals surface area contributed by atoms with Crippen LogP contribution in [0.25, 0.3) is 0 Å². The Morgan fingerprint density at radius 2 is 2.06 bits per heavy atom. The first-order valence-electron chi connectivity index (χ1n) is 6.44. The normalized spacial score (nSPS) is 24.1. The predicted molar refractivity (Wildman–Crippen MR) is 71.0 cm³/mol. The van der Waals surface area contributed by atoms with E-state index in [1.807, 2.05) is 12.3 Å². The molecule has 17 heavy (non-hydrogen) atoms. The van der Waals surface area contributed by atoms with Gasteiger partial charge in [-0.05, 0) is 33.9 Å². The van der Waals surface area contributed by atoms with Crippen molar-refractivity contribution in [1.82, 2.24) is 14.4 Å². The summed E-state index contributed by atoms with van der Waals surface area (Å²) in [4.78, 5) is 5.06. The number of nitrogens with zero attached hydrogens (tertiary/aromatic N) is 3. The fourth-order valence-electron chi connectivity index (χ4n) is 2.43. The molecule has 1 fully saturated rings. The molecule has 0 unspecified atom stereocenters. The maximum absolute atomic E-state index is 3.11. The molecule has 1 radical (unpaired) electrons. The zero-order valence-corrected chi connectivity index (χ0v) is 11.5. The van der Waals surface area contributed by atoms with E-state index in [0.717, 1.165) is 19.6 Å². The zero-order valence-electron chi connectivity index (χ0n) is 11.5. The molecular formula is C14H24N3. The van der Waals surface area contributed by atoms with E-state index in [-0.39, 0.29) is 5.54 Å². The van der Waals surface area contributed by atoms with Crippen LogP contribution in [0.15, 0.2) is 18.5 Å². The molecule has 2 heterocycles.